The fraction of sp³-hybridized carbons (Fsp3) is 0.562. The normalized spacial score (nSPS) is 21.9. The quantitative estimate of drug-likeness (QED) is 0.865. The maximum Gasteiger partial charge on any atom is 0.487 e. The maximum atomic E-state index is 5.96. The van der Waals surface area contributed by atoms with E-state index >= 15 is 0 Å². The molecule has 1 atom stereocenters. The Kier molecular flexibility index (Phi) is 4.56. The van der Waals surface area contributed by atoms with Crippen LogP contribution in [-0.4, -0.2) is 23.3 Å². The van der Waals surface area contributed by atoms with E-state index < -0.39 is 0 Å². The van der Waals surface area contributed by atoms with Gasteiger partial charge in [0.15, 0.2) is 0 Å². The first-order valence-corrected chi connectivity index (χ1v) is 7.50. The number of aromatic nitrogens is 1. The third-order valence-electron chi connectivity index (χ3n) is 4.35. The zero-order valence-electron chi connectivity index (χ0n) is 13.6. The lowest BCUT2D eigenvalue weighted by Crippen LogP contribution is -2.41. The summed E-state index contributed by atoms with van der Waals surface area (Å²) in [6.45, 7) is 10.2. The highest BCUT2D eigenvalue weighted by Crippen LogP contribution is 2.36. The van der Waals surface area contributed by atoms with Gasteiger partial charge in [-0.05, 0) is 45.7 Å². The number of rotatable bonds is 4. The van der Waals surface area contributed by atoms with Gasteiger partial charge in [-0.25, -0.2) is 0 Å². The Bertz CT molecular complexity index is 496. The van der Waals surface area contributed by atoms with Crippen molar-refractivity contribution >= 4 is 13.2 Å². The Morgan fingerprint density at radius 1 is 1.24 bits per heavy atom. The van der Waals surface area contributed by atoms with Crippen molar-refractivity contribution in [3.63, 3.8) is 0 Å². The second kappa shape index (κ2) is 5.91. The van der Waals surface area contributed by atoms with E-state index in [1.807, 2.05) is 58.1 Å². The van der Waals surface area contributed by atoms with Crippen molar-refractivity contribution in [1.82, 2.24) is 4.98 Å². The minimum absolute atomic E-state index is 0.00567. The van der Waals surface area contributed by atoms with Crippen LogP contribution >= 0.6 is 0 Å². The zero-order valence-corrected chi connectivity index (χ0v) is 13.6. The molecule has 0 spiro atoms. The number of nitrogens with two attached hydrogens (primary N) is 1. The number of hydrogen-bond acceptors (Lipinski definition) is 4. The maximum absolute atomic E-state index is 5.96. The lowest BCUT2D eigenvalue weighted by atomic mass is 9.89. The smallest absolute Gasteiger partial charge is 0.400 e. The van der Waals surface area contributed by atoms with Crippen molar-refractivity contribution in [2.75, 3.05) is 0 Å². The molecule has 4 nitrogen and oxygen atoms in total. The minimum Gasteiger partial charge on any atom is -0.400 e. The third kappa shape index (κ3) is 3.54. The van der Waals surface area contributed by atoms with Crippen LogP contribution in [0.1, 0.15) is 58.3 Å². The van der Waals surface area contributed by atoms with Crippen molar-refractivity contribution in [2.24, 2.45) is 5.73 Å². The van der Waals surface area contributed by atoms with Crippen molar-refractivity contribution in [3.05, 3.63) is 35.6 Å². The summed E-state index contributed by atoms with van der Waals surface area (Å²) in [5.74, 6) is 1.92. The molecular weight excluding hydrogens is 263 g/mol. The van der Waals surface area contributed by atoms with Gasteiger partial charge in [0, 0.05) is 12.2 Å². The van der Waals surface area contributed by atoms with Crippen molar-refractivity contribution in [3.8, 4) is 0 Å². The molecule has 2 N–H and O–H groups in total. The van der Waals surface area contributed by atoms with Gasteiger partial charge in [0.05, 0.1) is 16.9 Å². The summed E-state index contributed by atoms with van der Waals surface area (Å²) in [6, 6.07) is 3.99. The molecule has 114 valence electrons. The SMILES string of the molecule is CC[C@H](N)c1ccc(/C=C/B2OC(C)(C)C(C)(C)O2)cn1. The zero-order chi connectivity index (χ0) is 15.7. The molecule has 1 aromatic rings. The Morgan fingerprint density at radius 3 is 2.33 bits per heavy atom. The molecule has 1 aliphatic heterocycles. The van der Waals surface area contributed by atoms with Crippen LogP contribution in [0.4, 0.5) is 0 Å². The number of pyridine rings is 1. The van der Waals surface area contributed by atoms with Crippen LogP contribution in [0, 0.1) is 0 Å². The van der Waals surface area contributed by atoms with Gasteiger partial charge in [-0.1, -0.05) is 25.0 Å². The van der Waals surface area contributed by atoms with Crippen LogP contribution in [0.3, 0.4) is 0 Å². The molecule has 2 rings (SSSR count). The first kappa shape index (κ1) is 16.2. The molecule has 1 saturated heterocycles. The van der Waals surface area contributed by atoms with Gasteiger partial charge in [0.25, 0.3) is 0 Å². The average molecular weight is 288 g/mol. The summed E-state index contributed by atoms with van der Waals surface area (Å²) < 4.78 is 11.8. The molecule has 21 heavy (non-hydrogen) atoms. The monoisotopic (exact) mass is 288 g/mol. The minimum atomic E-state index is -0.326. The molecule has 0 saturated carbocycles. The van der Waals surface area contributed by atoms with Crippen LogP contribution in [0.2, 0.25) is 0 Å². The number of nitrogens with zero attached hydrogens (tertiary/aromatic N) is 1. The van der Waals surface area contributed by atoms with Crippen LogP contribution in [0.15, 0.2) is 24.3 Å². The summed E-state index contributed by atoms with van der Waals surface area (Å²) in [6.07, 6.45) is 4.68. The fourth-order valence-corrected chi connectivity index (χ4v) is 2.10. The summed E-state index contributed by atoms with van der Waals surface area (Å²) >= 11 is 0. The lowest BCUT2D eigenvalue weighted by Gasteiger charge is -2.32. The number of hydrogen-bond donors (Lipinski definition) is 1. The van der Waals surface area contributed by atoms with E-state index in [0.717, 1.165) is 17.7 Å². The van der Waals surface area contributed by atoms with Gasteiger partial charge in [-0.3, -0.25) is 4.98 Å². The fourth-order valence-electron chi connectivity index (χ4n) is 2.10. The van der Waals surface area contributed by atoms with Crippen molar-refractivity contribution in [1.29, 1.82) is 0 Å². The van der Waals surface area contributed by atoms with E-state index in [-0.39, 0.29) is 24.4 Å². The highest BCUT2D eigenvalue weighted by atomic mass is 16.7. The van der Waals surface area contributed by atoms with E-state index in [0.29, 0.717) is 0 Å². The van der Waals surface area contributed by atoms with Crippen molar-refractivity contribution < 1.29 is 9.31 Å². The van der Waals surface area contributed by atoms with Crippen LogP contribution in [-0.2, 0) is 9.31 Å². The molecule has 2 heterocycles. The van der Waals surface area contributed by atoms with Gasteiger partial charge in [0.1, 0.15) is 0 Å². The van der Waals surface area contributed by atoms with Gasteiger partial charge in [-0.15, -0.1) is 0 Å². The predicted octanol–water partition coefficient (Wildman–Crippen LogP) is 3.14. The van der Waals surface area contributed by atoms with E-state index in [1.54, 1.807) is 0 Å². The molecule has 0 bridgehead atoms. The molecule has 0 radical (unpaired) electrons. The molecular formula is C16H25BN2O2. The van der Waals surface area contributed by atoms with Gasteiger partial charge in [0.2, 0.25) is 0 Å². The third-order valence-corrected chi connectivity index (χ3v) is 4.35. The predicted molar refractivity (Wildman–Crippen MR) is 86.6 cm³/mol. The molecule has 0 amide bonds. The first-order chi connectivity index (χ1) is 9.75. The Morgan fingerprint density at radius 2 is 1.86 bits per heavy atom. The van der Waals surface area contributed by atoms with Gasteiger partial charge < -0.3 is 15.0 Å². The van der Waals surface area contributed by atoms with E-state index in [4.69, 9.17) is 15.0 Å². The first-order valence-electron chi connectivity index (χ1n) is 7.50. The molecule has 5 heteroatoms. The van der Waals surface area contributed by atoms with Crippen LogP contribution < -0.4 is 5.73 Å². The Labute approximate surface area is 127 Å². The van der Waals surface area contributed by atoms with Crippen LogP contribution in [0.25, 0.3) is 6.08 Å². The highest BCUT2D eigenvalue weighted by molar-refractivity contribution is 6.52. The molecule has 1 aliphatic rings. The molecule has 1 fully saturated rings. The lowest BCUT2D eigenvalue weighted by molar-refractivity contribution is 0.00578. The summed E-state index contributed by atoms with van der Waals surface area (Å²) in [4.78, 5) is 4.39. The molecule has 1 aromatic heterocycles. The summed E-state index contributed by atoms with van der Waals surface area (Å²) in [5, 5.41) is 0. The largest absolute Gasteiger partial charge is 0.487 e. The topological polar surface area (TPSA) is 57.4 Å². The van der Waals surface area contributed by atoms with Gasteiger partial charge in [-0.2, -0.15) is 0 Å². The molecule has 0 aromatic carbocycles. The van der Waals surface area contributed by atoms with E-state index in [9.17, 15) is 0 Å². The summed E-state index contributed by atoms with van der Waals surface area (Å²) in [7, 11) is -0.326. The molecule has 0 aliphatic carbocycles. The second-order valence-electron chi connectivity index (χ2n) is 6.51. The second-order valence-corrected chi connectivity index (χ2v) is 6.51. The van der Waals surface area contributed by atoms with Gasteiger partial charge >= 0.3 is 7.12 Å². The summed E-state index contributed by atoms with van der Waals surface area (Å²) in [5.41, 5.74) is 7.27. The standard InChI is InChI=1S/C16H25BN2O2/c1-6-13(18)14-8-7-12(11-19-14)9-10-17-20-15(2,3)16(4,5)21-17/h7-11,13H,6,18H2,1-5H3/b10-9+/t13-/m0/s1. The van der Waals surface area contributed by atoms with Crippen molar-refractivity contribution in [2.45, 2.75) is 58.3 Å². The highest BCUT2D eigenvalue weighted by Gasteiger charge is 2.49. The Balaban J connectivity index is 2.03. The van der Waals surface area contributed by atoms with E-state index in [1.165, 1.54) is 0 Å². The molecule has 0 unspecified atom stereocenters. The van der Waals surface area contributed by atoms with Crippen LogP contribution in [0.5, 0.6) is 0 Å². The average Bonchev–Trinajstić information content (AvgIpc) is 2.64. The van der Waals surface area contributed by atoms with E-state index in [2.05, 4.69) is 11.9 Å². The Hall–Kier alpha value is -1.17.